The number of aliphatic carboxylic acids is 1. The van der Waals surface area contributed by atoms with Crippen molar-refractivity contribution in [1.29, 1.82) is 0 Å². The van der Waals surface area contributed by atoms with Crippen LogP contribution in [0.2, 0.25) is 9.49 Å². The normalized spacial score (nSPS) is 11.6. The van der Waals surface area contributed by atoms with Crippen molar-refractivity contribution in [3.05, 3.63) is 9.49 Å². The molecule has 1 aromatic heterocycles. The highest BCUT2D eigenvalue weighted by atomic mass is 35.5. The number of halogens is 2. The molecule has 0 bridgehead atoms. The van der Waals surface area contributed by atoms with Crippen LogP contribution in [0.3, 0.4) is 0 Å². The van der Waals surface area contributed by atoms with E-state index in [1.54, 1.807) is 0 Å². The molecule has 0 unspecified atom stereocenters. The van der Waals surface area contributed by atoms with Crippen LogP contribution in [-0.4, -0.2) is 29.6 Å². The summed E-state index contributed by atoms with van der Waals surface area (Å²) >= 11 is 11.7. The van der Waals surface area contributed by atoms with Crippen LogP contribution in [0.5, 0.6) is 0 Å². The number of sulfone groups is 1. The monoisotopic (exact) mass is 275 g/mol. The molecule has 1 aromatic rings. The minimum absolute atomic E-state index is 0.128. The Morgan fingerprint density at radius 3 is 2.43 bits per heavy atom. The van der Waals surface area contributed by atoms with Crippen LogP contribution < -0.4 is 0 Å². The molecule has 1 N–H and O–H groups in total. The lowest BCUT2D eigenvalue weighted by Gasteiger charge is -1.98. The van der Waals surface area contributed by atoms with Gasteiger partial charge in [-0.2, -0.15) is 4.37 Å². The Balaban J connectivity index is 3.23. The summed E-state index contributed by atoms with van der Waals surface area (Å²) in [7, 11) is -3.99. The third-order valence-electron chi connectivity index (χ3n) is 1.20. The van der Waals surface area contributed by atoms with Gasteiger partial charge in [0, 0.05) is 0 Å². The zero-order valence-corrected chi connectivity index (χ0v) is 9.54. The van der Waals surface area contributed by atoms with Crippen LogP contribution in [0.15, 0.2) is 4.90 Å². The Bertz CT molecular complexity index is 447. The second kappa shape index (κ2) is 4.01. The van der Waals surface area contributed by atoms with Gasteiger partial charge in [-0.25, -0.2) is 8.42 Å². The van der Waals surface area contributed by atoms with Crippen molar-refractivity contribution in [2.75, 3.05) is 5.75 Å². The van der Waals surface area contributed by atoms with Gasteiger partial charge in [0.05, 0.1) is 0 Å². The van der Waals surface area contributed by atoms with Gasteiger partial charge in [-0.05, 0) is 11.5 Å². The van der Waals surface area contributed by atoms with Crippen LogP contribution in [0.1, 0.15) is 0 Å². The fourth-order valence-corrected chi connectivity index (χ4v) is 3.93. The van der Waals surface area contributed by atoms with E-state index in [9.17, 15) is 13.2 Å². The largest absolute Gasteiger partial charge is 0.480 e. The molecule has 0 saturated carbocycles. The average Bonchev–Trinajstić information content (AvgIpc) is 2.27. The summed E-state index contributed by atoms with van der Waals surface area (Å²) in [5.41, 5.74) is 0. The molecule has 0 atom stereocenters. The first-order chi connectivity index (χ1) is 6.34. The molecule has 14 heavy (non-hydrogen) atoms. The topological polar surface area (TPSA) is 84.3 Å². The number of nitrogens with zero attached hydrogens (tertiary/aromatic N) is 1. The van der Waals surface area contributed by atoms with Crippen LogP contribution in [0.4, 0.5) is 0 Å². The molecule has 78 valence electrons. The predicted molar refractivity (Wildman–Crippen MR) is 51.8 cm³/mol. The first kappa shape index (κ1) is 11.7. The summed E-state index contributed by atoms with van der Waals surface area (Å²) in [5.74, 6) is -2.52. The summed E-state index contributed by atoms with van der Waals surface area (Å²) in [6.45, 7) is 0. The van der Waals surface area contributed by atoms with Crippen molar-refractivity contribution in [2.24, 2.45) is 0 Å². The van der Waals surface area contributed by atoms with E-state index in [0.29, 0.717) is 11.5 Å². The molecular weight excluding hydrogens is 273 g/mol. The third-order valence-corrected chi connectivity index (χ3v) is 4.60. The van der Waals surface area contributed by atoms with Crippen molar-refractivity contribution < 1.29 is 18.3 Å². The van der Waals surface area contributed by atoms with E-state index in [1.165, 1.54) is 0 Å². The van der Waals surface area contributed by atoms with Crippen LogP contribution in [0.25, 0.3) is 0 Å². The number of carboxylic acid groups (broad SMARTS) is 1. The van der Waals surface area contributed by atoms with E-state index in [2.05, 4.69) is 4.37 Å². The van der Waals surface area contributed by atoms with E-state index in [4.69, 9.17) is 28.3 Å². The van der Waals surface area contributed by atoms with Crippen molar-refractivity contribution in [2.45, 2.75) is 4.90 Å². The Morgan fingerprint density at radius 2 is 2.07 bits per heavy atom. The fourth-order valence-electron chi connectivity index (χ4n) is 0.729. The summed E-state index contributed by atoms with van der Waals surface area (Å²) in [6.07, 6.45) is 0. The van der Waals surface area contributed by atoms with Crippen LogP contribution in [-0.2, 0) is 14.6 Å². The molecule has 0 aliphatic heterocycles. The number of hydrogen-bond donors (Lipinski definition) is 1. The molecule has 0 amide bonds. The predicted octanol–water partition coefficient (Wildman–Crippen LogP) is 1.31. The molecule has 1 rings (SSSR count). The molecule has 9 heteroatoms. The maximum absolute atomic E-state index is 11.4. The number of carbonyl (C=O) groups is 1. The van der Waals surface area contributed by atoms with Crippen molar-refractivity contribution in [3.63, 3.8) is 0 Å². The summed E-state index contributed by atoms with van der Waals surface area (Å²) in [6, 6.07) is 0. The molecule has 0 aliphatic rings. The molecule has 0 radical (unpaired) electrons. The Morgan fingerprint density at radius 1 is 1.50 bits per heavy atom. The van der Waals surface area contributed by atoms with Crippen molar-refractivity contribution in [3.8, 4) is 0 Å². The van der Waals surface area contributed by atoms with E-state index in [0.717, 1.165) is 0 Å². The number of carboxylic acids is 1. The quantitative estimate of drug-likeness (QED) is 0.899. The maximum Gasteiger partial charge on any atom is 0.319 e. The van der Waals surface area contributed by atoms with E-state index >= 15 is 0 Å². The highest BCUT2D eigenvalue weighted by Crippen LogP contribution is 2.32. The molecule has 0 aromatic carbocycles. The van der Waals surface area contributed by atoms with Crippen LogP contribution >= 0.6 is 34.7 Å². The number of rotatable bonds is 3. The van der Waals surface area contributed by atoms with Crippen molar-refractivity contribution >= 4 is 50.5 Å². The average molecular weight is 276 g/mol. The highest BCUT2D eigenvalue weighted by Gasteiger charge is 2.27. The minimum Gasteiger partial charge on any atom is -0.480 e. The summed E-state index contributed by atoms with van der Waals surface area (Å²) < 4.78 is 26.1. The lowest BCUT2D eigenvalue weighted by Crippen LogP contribution is -2.15. The van der Waals surface area contributed by atoms with Gasteiger partial charge < -0.3 is 5.11 Å². The summed E-state index contributed by atoms with van der Waals surface area (Å²) in [5, 5.41) is 8.06. The van der Waals surface area contributed by atoms with Gasteiger partial charge in [0.25, 0.3) is 0 Å². The second-order valence-corrected chi connectivity index (χ2v) is 5.89. The lowest BCUT2D eigenvalue weighted by molar-refractivity contribution is -0.134. The molecule has 0 fully saturated rings. The first-order valence-electron chi connectivity index (χ1n) is 3.10. The first-order valence-corrected chi connectivity index (χ1v) is 6.28. The van der Waals surface area contributed by atoms with Crippen molar-refractivity contribution in [1.82, 2.24) is 4.37 Å². The Labute approximate surface area is 93.4 Å². The van der Waals surface area contributed by atoms with Gasteiger partial charge in [-0.15, -0.1) is 0 Å². The van der Waals surface area contributed by atoms with Gasteiger partial charge in [0.15, 0.2) is 20.7 Å². The highest BCUT2D eigenvalue weighted by molar-refractivity contribution is 7.92. The fraction of sp³-hybridized carbons (Fsp3) is 0.200. The molecule has 5 nitrogen and oxygen atoms in total. The standard InChI is InChI=1S/C5H3Cl2NO4S2/c6-4-3(5(7)13-8-4)14(11,12)1-2(9)10/h1H2,(H,9,10). The van der Waals surface area contributed by atoms with Gasteiger partial charge >= 0.3 is 5.97 Å². The van der Waals surface area contributed by atoms with Crippen LogP contribution in [0, 0.1) is 0 Å². The Hall–Kier alpha value is -0.370. The third kappa shape index (κ3) is 2.35. The van der Waals surface area contributed by atoms with E-state index in [1.807, 2.05) is 0 Å². The zero-order valence-electron chi connectivity index (χ0n) is 6.40. The minimum atomic E-state index is -3.99. The van der Waals surface area contributed by atoms with Gasteiger partial charge in [-0.1, -0.05) is 23.2 Å². The second-order valence-electron chi connectivity index (χ2n) is 2.23. The lowest BCUT2D eigenvalue weighted by atomic mass is 10.7. The smallest absolute Gasteiger partial charge is 0.319 e. The molecule has 0 saturated heterocycles. The molecule has 0 spiro atoms. The maximum atomic E-state index is 11.4. The number of aromatic nitrogens is 1. The zero-order chi connectivity index (χ0) is 10.9. The van der Waals surface area contributed by atoms with E-state index < -0.39 is 26.5 Å². The SMILES string of the molecule is O=C(O)CS(=O)(=O)c1c(Cl)nsc1Cl. The van der Waals surface area contributed by atoms with Gasteiger partial charge in [-0.3, -0.25) is 4.79 Å². The van der Waals surface area contributed by atoms with Gasteiger partial charge in [0.2, 0.25) is 0 Å². The molecule has 0 aliphatic carbocycles. The Kier molecular flexibility index (Phi) is 3.36. The number of hydrogen-bond acceptors (Lipinski definition) is 5. The molecular formula is C5H3Cl2NO4S2. The van der Waals surface area contributed by atoms with E-state index in [-0.39, 0.29) is 9.49 Å². The molecule has 1 heterocycles. The van der Waals surface area contributed by atoms with Gasteiger partial charge in [0.1, 0.15) is 9.23 Å². The summed E-state index contributed by atoms with van der Waals surface area (Å²) in [4.78, 5) is 9.84.